The average Bonchev–Trinajstić information content (AvgIpc) is 2.50. The Morgan fingerprint density at radius 3 is 2.74 bits per heavy atom. The first-order valence-electron chi connectivity index (χ1n) is 7.29. The van der Waals surface area contributed by atoms with Crippen molar-refractivity contribution in [3.05, 3.63) is 46.2 Å². The number of nitrogens with one attached hydrogen (secondary N) is 2. The van der Waals surface area contributed by atoms with Gasteiger partial charge < -0.3 is 10.6 Å². The van der Waals surface area contributed by atoms with Crippen LogP contribution in [0.3, 0.4) is 0 Å². The Labute approximate surface area is 145 Å². The quantitative estimate of drug-likeness (QED) is 0.803. The molecule has 1 aromatic carbocycles. The number of benzene rings is 1. The largest absolute Gasteiger partial charge is 0.354 e. The van der Waals surface area contributed by atoms with E-state index in [2.05, 4.69) is 34.4 Å². The molecule has 0 spiro atoms. The molecule has 0 aliphatic rings. The van der Waals surface area contributed by atoms with E-state index in [-0.39, 0.29) is 11.6 Å². The van der Waals surface area contributed by atoms with Gasteiger partial charge in [-0.2, -0.15) is 0 Å². The molecule has 0 bridgehead atoms. The summed E-state index contributed by atoms with van der Waals surface area (Å²) in [6.07, 6.45) is 2.54. The summed E-state index contributed by atoms with van der Waals surface area (Å²) in [4.78, 5) is 20.6. The molecule has 122 valence electrons. The Morgan fingerprint density at radius 1 is 1.26 bits per heavy atom. The molecule has 0 aliphatic carbocycles. The Balaban J connectivity index is 2.04. The van der Waals surface area contributed by atoms with Crippen LogP contribution in [0.1, 0.15) is 30.8 Å². The molecular weight excluding hydrogens is 335 g/mol. The molecule has 7 heteroatoms. The number of rotatable bonds is 6. The van der Waals surface area contributed by atoms with Gasteiger partial charge in [-0.1, -0.05) is 37.0 Å². The predicted octanol–water partition coefficient (Wildman–Crippen LogP) is 4.49. The molecule has 2 rings (SSSR count). The highest BCUT2D eigenvalue weighted by atomic mass is 35.5. The summed E-state index contributed by atoms with van der Waals surface area (Å²) < 4.78 is 0. The van der Waals surface area contributed by atoms with Crippen molar-refractivity contribution in [2.24, 2.45) is 5.92 Å². The fourth-order valence-electron chi connectivity index (χ4n) is 1.82. The van der Waals surface area contributed by atoms with Gasteiger partial charge >= 0.3 is 0 Å². The minimum absolute atomic E-state index is 0.262. The van der Waals surface area contributed by atoms with Gasteiger partial charge in [-0.3, -0.25) is 4.79 Å². The smallest absolute Gasteiger partial charge is 0.274 e. The van der Waals surface area contributed by atoms with Crippen molar-refractivity contribution in [3.8, 4) is 0 Å². The van der Waals surface area contributed by atoms with Crippen molar-refractivity contribution < 1.29 is 4.79 Å². The first kappa shape index (κ1) is 17.5. The number of carbonyl (C=O) groups excluding carboxylic acids is 1. The number of aromatic nitrogens is 2. The second-order valence-electron chi connectivity index (χ2n) is 5.45. The summed E-state index contributed by atoms with van der Waals surface area (Å²) >= 11 is 11.9. The van der Waals surface area contributed by atoms with Crippen LogP contribution >= 0.6 is 23.2 Å². The van der Waals surface area contributed by atoms with E-state index >= 15 is 0 Å². The molecule has 2 N–H and O–H groups in total. The van der Waals surface area contributed by atoms with Gasteiger partial charge in [-0.05, 0) is 36.6 Å². The van der Waals surface area contributed by atoms with Crippen LogP contribution in [0.5, 0.6) is 0 Å². The van der Waals surface area contributed by atoms with Crippen molar-refractivity contribution in [1.82, 2.24) is 9.97 Å². The van der Waals surface area contributed by atoms with E-state index in [4.69, 9.17) is 23.2 Å². The van der Waals surface area contributed by atoms with Crippen molar-refractivity contribution in [2.75, 3.05) is 17.2 Å². The summed E-state index contributed by atoms with van der Waals surface area (Å²) in [5.41, 5.74) is 0.743. The monoisotopic (exact) mass is 352 g/mol. The summed E-state index contributed by atoms with van der Waals surface area (Å²) in [5, 5.41) is 6.69. The molecule has 5 nitrogen and oxygen atoms in total. The molecule has 0 saturated carbocycles. The normalized spacial score (nSPS) is 10.7. The molecule has 1 aromatic heterocycles. The maximum Gasteiger partial charge on any atom is 0.274 e. The lowest BCUT2D eigenvalue weighted by Gasteiger charge is -2.09. The number of anilines is 2. The fraction of sp³-hybridized carbons (Fsp3) is 0.312. The van der Waals surface area contributed by atoms with Gasteiger partial charge in [0.1, 0.15) is 5.69 Å². The van der Waals surface area contributed by atoms with Crippen molar-refractivity contribution in [1.29, 1.82) is 0 Å². The van der Waals surface area contributed by atoms with E-state index in [0.29, 0.717) is 27.6 Å². The van der Waals surface area contributed by atoms with Gasteiger partial charge in [0.25, 0.3) is 5.91 Å². The van der Waals surface area contributed by atoms with Gasteiger partial charge in [-0.25, -0.2) is 9.97 Å². The number of carbonyl (C=O) groups is 1. The third kappa shape index (κ3) is 5.37. The maximum atomic E-state index is 12.3. The van der Waals surface area contributed by atoms with Crippen molar-refractivity contribution >= 4 is 40.7 Å². The van der Waals surface area contributed by atoms with Crippen LogP contribution in [0.25, 0.3) is 0 Å². The lowest BCUT2D eigenvalue weighted by molar-refractivity contribution is 0.102. The van der Waals surface area contributed by atoms with Crippen LogP contribution in [0, 0.1) is 5.92 Å². The summed E-state index contributed by atoms with van der Waals surface area (Å²) in [7, 11) is 0. The number of hydrogen-bond donors (Lipinski definition) is 2. The highest BCUT2D eigenvalue weighted by molar-refractivity contribution is 6.36. The van der Waals surface area contributed by atoms with E-state index in [1.807, 2.05) is 0 Å². The number of nitrogens with zero attached hydrogens (tertiary/aromatic N) is 2. The van der Waals surface area contributed by atoms with Crippen molar-refractivity contribution in [2.45, 2.75) is 20.3 Å². The highest BCUT2D eigenvalue weighted by Crippen LogP contribution is 2.25. The lowest BCUT2D eigenvalue weighted by Crippen LogP contribution is -2.16. The molecule has 0 saturated heterocycles. The molecule has 1 amide bonds. The Hall–Kier alpha value is -1.85. The number of amides is 1. The second-order valence-corrected chi connectivity index (χ2v) is 6.30. The predicted molar refractivity (Wildman–Crippen MR) is 94.4 cm³/mol. The molecule has 0 radical (unpaired) electrons. The SMILES string of the molecule is CC(C)CCNc1nccc(C(=O)Nc2ccc(Cl)cc2Cl)n1. The minimum atomic E-state index is -0.358. The molecular formula is C16H18Cl2N4O. The molecule has 23 heavy (non-hydrogen) atoms. The third-order valence-corrected chi connectivity index (χ3v) is 3.62. The van der Waals surface area contributed by atoms with E-state index < -0.39 is 0 Å². The zero-order chi connectivity index (χ0) is 16.8. The molecule has 0 aliphatic heterocycles. The van der Waals surface area contributed by atoms with Crippen LogP contribution in [0.2, 0.25) is 10.0 Å². The average molecular weight is 353 g/mol. The van der Waals surface area contributed by atoms with E-state index in [9.17, 15) is 4.79 Å². The zero-order valence-electron chi connectivity index (χ0n) is 12.9. The zero-order valence-corrected chi connectivity index (χ0v) is 14.4. The lowest BCUT2D eigenvalue weighted by atomic mass is 10.1. The van der Waals surface area contributed by atoms with E-state index in [1.165, 1.54) is 0 Å². The summed E-state index contributed by atoms with van der Waals surface area (Å²) in [6.45, 7) is 5.04. The Kier molecular flexibility index (Phi) is 6.19. The van der Waals surface area contributed by atoms with E-state index in [1.54, 1.807) is 30.5 Å². The van der Waals surface area contributed by atoms with Crippen LogP contribution in [0.15, 0.2) is 30.5 Å². The van der Waals surface area contributed by atoms with E-state index in [0.717, 1.165) is 13.0 Å². The van der Waals surface area contributed by atoms with Crippen LogP contribution in [-0.4, -0.2) is 22.4 Å². The summed E-state index contributed by atoms with van der Waals surface area (Å²) in [5.74, 6) is 0.657. The van der Waals surface area contributed by atoms with Gasteiger partial charge in [0.05, 0.1) is 10.7 Å². The molecule has 1 heterocycles. The van der Waals surface area contributed by atoms with Crippen molar-refractivity contribution in [3.63, 3.8) is 0 Å². The Bertz CT molecular complexity index is 692. The molecule has 0 unspecified atom stereocenters. The molecule has 0 fully saturated rings. The maximum absolute atomic E-state index is 12.3. The summed E-state index contributed by atoms with van der Waals surface area (Å²) in [6, 6.07) is 6.41. The first-order valence-corrected chi connectivity index (χ1v) is 8.04. The Morgan fingerprint density at radius 2 is 2.04 bits per heavy atom. The minimum Gasteiger partial charge on any atom is -0.354 e. The highest BCUT2D eigenvalue weighted by Gasteiger charge is 2.11. The first-order chi connectivity index (χ1) is 11.0. The van der Waals surface area contributed by atoms with Crippen LogP contribution < -0.4 is 10.6 Å². The fourth-order valence-corrected chi connectivity index (χ4v) is 2.28. The van der Waals surface area contributed by atoms with Gasteiger partial charge in [-0.15, -0.1) is 0 Å². The van der Waals surface area contributed by atoms with Crippen LogP contribution in [-0.2, 0) is 0 Å². The standard InChI is InChI=1S/C16H18Cl2N4O/c1-10(2)5-7-19-16-20-8-6-14(22-16)15(23)21-13-4-3-11(17)9-12(13)18/h3-4,6,8-10H,5,7H2,1-2H3,(H,21,23)(H,19,20,22). The van der Waals surface area contributed by atoms with Gasteiger partial charge in [0.15, 0.2) is 0 Å². The molecule has 0 atom stereocenters. The second kappa shape index (κ2) is 8.13. The number of halogens is 2. The molecule has 2 aromatic rings. The van der Waals surface area contributed by atoms with Gasteiger partial charge in [0.2, 0.25) is 5.95 Å². The third-order valence-electron chi connectivity index (χ3n) is 3.07. The van der Waals surface area contributed by atoms with Gasteiger partial charge in [0, 0.05) is 17.8 Å². The topological polar surface area (TPSA) is 66.9 Å². The number of hydrogen-bond acceptors (Lipinski definition) is 4. The van der Waals surface area contributed by atoms with Crippen LogP contribution in [0.4, 0.5) is 11.6 Å².